The van der Waals surface area contributed by atoms with E-state index in [1.165, 1.54) is 75.0 Å². The van der Waals surface area contributed by atoms with Crippen molar-refractivity contribution in [2.45, 2.75) is 0 Å². The third kappa shape index (κ3) is 4.29. The molecule has 1 aliphatic rings. The Balaban J connectivity index is 1.37. The minimum absolute atomic E-state index is 1.12. The Morgan fingerprint density at radius 3 is 1.51 bits per heavy atom. The van der Waals surface area contributed by atoms with Gasteiger partial charge >= 0.3 is 0 Å². The van der Waals surface area contributed by atoms with Gasteiger partial charge in [0.25, 0.3) is 0 Å². The second kappa shape index (κ2) is 11.0. The second-order valence-corrected chi connectivity index (χ2v) is 14.4. The summed E-state index contributed by atoms with van der Waals surface area (Å²) in [6.07, 6.45) is 0. The zero-order chi connectivity index (χ0) is 33.5. The highest BCUT2D eigenvalue weighted by molar-refractivity contribution is 7.27. The molecule has 0 spiro atoms. The van der Waals surface area contributed by atoms with Crippen LogP contribution in [0.3, 0.4) is 0 Å². The first-order valence-corrected chi connectivity index (χ1v) is 18.3. The number of rotatable bonds is 3. The quantitative estimate of drug-likeness (QED) is 0.185. The first kappa shape index (κ1) is 28.4. The van der Waals surface area contributed by atoms with Crippen molar-refractivity contribution in [1.29, 1.82) is 0 Å². The number of fused-ring (bicyclic) bond motifs is 7. The molecule has 0 atom stereocenters. The Morgan fingerprint density at radius 2 is 0.824 bits per heavy atom. The minimum atomic E-state index is 1.12. The maximum atomic E-state index is 2.52. The van der Waals surface area contributed by atoms with Crippen molar-refractivity contribution in [3.63, 3.8) is 0 Å². The van der Waals surface area contributed by atoms with E-state index >= 15 is 0 Å². The normalized spacial score (nSPS) is 12.6. The van der Waals surface area contributed by atoms with Crippen LogP contribution in [0.25, 0.3) is 63.6 Å². The molecule has 0 aliphatic carbocycles. The lowest BCUT2D eigenvalue weighted by molar-refractivity contribution is 1.28. The van der Waals surface area contributed by atoms with Crippen LogP contribution in [0.5, 0.6) is 0 Å². The molecule has 9 aromatic carbocycles. The fourth-order valence-corrected chi connectivity index (χ4v) is 9.56. The predicted molar refractivity (Wildman–Crippen MR) is 220 cm³/mol. The molecule has 10 aromatic rings. The molecule has 1 aromatic heterocycles. The van der Waals surface area contributed by atoms with Gasteiger partial charge in [0.1, 0.15) is 0 Å². The number of thiophene rings is 1. The van der Waals surface area contributed by atoms with Gasteiger partial charge in [-0.05, 0) is 75.1 Å². The highest BCUT2D eigenvalue weighted by Gasteiger charge is 2.28. The molecule has 238 valence electrons. The van der Waals surface area contributed by atoms with Crippen molar-refractivity contribution in [2.75, 3.05) is 9.80 Å². The fraction of sp³-hybridized carbons (Fsp3) is 0. The fourth-order valence-electron chi connectivity index (χ4n) is 8.23. The van der Waals surface area contributed by atoms with E-state index in [9.17, 15) is 0 Å². The standard InChI is InChI=1S/C48H30N2S/c1-2-13-31(14-3-1)35-27-36-30-37(28-35)50(43-25-11-19-33-16-5-8-21-39(33)43)45-29-34-17-6-9-22-40(34)46-41-23-12-26-44(47(41)51-48(45)46)49(36)42-24-10-18-32-15-4-7-20-38(32)42/h1-30H. The van der Waals surface area contributed by atoms with Crippen LogP contribution >= 0.6 is 11.3 Å². The summed E-state index contributed by atoms with van der Waals surface area (Å²) < 4.78 is 2.57. The van der Waals surface area contributed by atoms with Gasteiger partial charge in [-0.25, -0.2) is 0 Å². The lowest BCUT2D eigenvalue weighted by atomic mass is 10.00. The van der Waals surface area contributed by atoms with Crippen LogP contribution in [0.15, 0.2) is 182 Å². The molecule has 1 aliphatic heterocycles. The average molecular weight is 667 g/mol. The van der Waals surface area contributed by atoms with Gasteiger partial charge in [-0.3, -0.25) is 0 Å². The number of nitrogens with zero attached hydrogens (tertiary/aromatic N) is 2. The SMILES string of the molecule is c1ccc(-c2cc3cc(c2)N(c2cccc4ccccc24)c2cc4ccccc4c4c2sc2c(cccc24)N3c2cccc3ccccc23)cc1. The van der Waals surface area contributed by atoms with Crippen molar-refractivity contribution >= 4 is 98.0 Å². The molecule has 0 unspecified atom stereocenters. The average Bonchev–Trinajstić information content (AvgIpc) is 3.59. The summed E-state index contributed by atoms with van der Waals surface area (Å²) in [5.41, 5.74) is 9.31. The second-order valence-electron chi connectivity index (χ2n) is 13.3. The maximum Gasteiger partial charge on any atom is 0.0647 e. The summed E-state index contributed by atoms with van der Waals surface area (Å²) in [4.78, 5) is 5.03. The molecule has 2 nitrogen and oxygen atoms in total. The largest absolute Gasteiger partial charge is 0.308 e. The van der Waals surface area contributed by atoms with Gasteiger partial charge in [0.15, 0.2) is 0 Å². The molecule has 0 amide bonds. The van der Waals surface area contributed by atoms with E-state index in [1.807, 2.05) is 11.3 Å². The zero-order valence-corrected chi connectivity index (χ0v) is 28.4. The van der Waals surface area contributed by atoms with Crippen LogP contribution < -0.4 is 9.80 Å². The van der Waals surface area contributed by atoms with Crippen molar-refractivity contribution < 1.29 is 0 Å². The van der Waals surface area contributed by atoms with E-state index in [4.69, 9.17) is 0 Å². The van der Waals surface area contributed by atoms with E-state index in [1.54, 1.807) is 0 Å². The van der Waals surface area contributed by atoms with Crippen molar-refractivity contribution in [3.05, 3.63) is 182 Å². The Kier molecular flexibility index (Phi) is 6.16. The van der Waals surface area contributed by atoms with Crippen LogP contribution in [-0.4, -0.2) is 0 Å². The van der Waals surface area contributed by atoms with E-state index in [-0.39, 0.29) is 0 Å². The summed E-state index contributed by atoms with van der Waals surface area (Å²) in [5.74, 6) is 0. The molecular formula is C48H30N2S. The van der Waals surface area contributed by atoms with Crippen molar-refractivity contribution in [2.24, 2.45) is 0 Å². The van der Waals surface area contributed by atoms with Crippen molar-refractivity contribution in [3.8, 4) is 11.1 Å². The molecule has 0 fully saturated rings. The molecular weight excluding hydrogens is 637 g/mol. The number of hydrogen-bond acceptors (Lipinski definition) is 3. The van der Waals surface area contributed by atoms with Gasteiger partial charge in [0.2, 0.25) is 0 Å². The number of benzene rings is 9. The predicted octanol–water partition coefficient (Wildman–Crippen LogP) is 14.4. The van der Waals surface area contributed by atoms with Gasteiger partial charge < -0.3 is 9.80 Å². The summed E-state index contributed by atoms with van der Waals surface area (Å²) in [7, 11) is 0. The molecule has 2 heterocycles. The monoisotopic (exact) mass is 666 g/mol. The van der Waals surface area contributed by atoms with Crippen LogP contribution in [0, 0.1) is 0 Å². The summed E-state index contributed by atoms with van der Waals surface area (Å²) in [6, 6.07) is 67.0. The number of anilines is 6. The molecule has 0 radical (unpaired) electrons. The molecule has 11 rings (SSSR count). The molecule has 0 N–H and O–H groups in total. The molecule has 51 heavy (non-hydrogen) atoms. The van der Waals surface area contributed by atoms with E-state index in [0.717, 1.165) is 22.7 Å². The van der Waals surface area contributed by atoms with Gasteiger partial charge in [-0.1, -0.05) is 140 Å². The third-order valence-corrected chi connectivity index (χ3v) is 11.7. The van der Waals surface area contributed by atoms with E-state index in [0.29, 0.717) is 0 Å². The van der Waals surface area contributed by atoms with Crippen LogP contribution in [-0.2, 0) is 0 Å². The Labute approximate surface area is 299 Å². The number of hydrogen-bond donors (Lipinski definition) is 0. The van der Waals surface area contributed by atoms with E-state index < -0.39 is 0 Å². The Hall–Kier alpha value is -6.42. The first-order valence-electron chi connectivity index (χ1n) is 17.4. The lowest BCUT2D eigenvalue weighted by Crippen LogP contribution is -2.14. The summed E-state index contributed by atoms with van der Waals surface area (Å²) in [5, 5.41) is 10.0. The Bertz CT molecular complexity index is 2990. The van der Waals surface area contributed by atoms with Gasteiger partial charge in [-0.2, -0.15) is 0 Å². The highest BCUT2D eigenvalue weighted by Crippen LogP contribution is 2.55. The highest BCUT2D eigenvalue weighted by atomic mass is 32.1. The smallest absolute Gasteiger partial charge is 0.0647 e. The molecule has 4 bridgehead atoms. The molecule has 0 saturated carbocycles. The summed E-state index contributed by atoms with van der Waals surface area (Å²) >= 11 is 1.91. The maximum absolute atomic E-state index is 2.52. The third-order valence-electron chi connectivity index (χ3n) is 10.5. The first-order chi connectivity index (χ1) is 25.3. The zero-order valence-electron chi connectivity index (χ0n) is 27.6. The lowest BCUT2D eigenvalue weighted by Gasteiger charge is -2.32. The topological polar surface area (TPSA) is 6.48 Å². The van der Waals surface area contributed by atoms with Gasteiger partial charge in [0.05, 0.1) is 32.1 Å². The van der Waals surface area contributed by atoms with Crippen LogP contribution in [0.1, 0.15) is 0 Å². The van der Waals surface area contributed by atoms with Crippen LogP contribution in [0.4, 0.5) is 34.1 Å². The van der Waals surface area contributed by atoms with Gasteiger partial charge in [-0.15, -0.1) is 11.3 Å². The van der Waals surface area contributed by atoms with Gasteiger partial charge in [0, 0.05) is 32.9 Å². The Morgan fingerprint density at radius 1 is 0.314 bits per heavy atom. The van der Waals surface area contributed by atoms with Crippen LogP contribution in [0.2, 0.25) is 0 Å². The van der Waals surface area contributed by atoms with Crippen molar-refractivity contribution in [1.82, 2.24) is 0 Å². The van der Waals surface area contributed by atoms with E-state index in [2.05, 4.69) is 192 Å². The molecule has 0 saturated heterocycles. The summed E-state index contributed by atoms with van der Waals surface area (Å²) in [6.45, 7) is 0. The molecule has 3 heteroatoms. The minimum Gasteiger partial charge on any atom is -0.308 e.